The summed E-state index contributed by atoms with van der Waals surface area (Å²) in [6.45, 7) is 1.77. The Hall–Kier alpha value is -0.160. The zero-order valence-electron chi connectivity index (χ0n) is 9.16. The maximum atomic E-state index is 8.93. The summed E-state index contributed by atoms with van der Waals surface area (Å²) in [5.74, 6) is 0. The van der Waals surface area contributed by atoms with E-state index in [9.17, 15) is 0 Å². The van der Waals surface area contributed by atoms with Crippen LogP contribution in [0.25, 0.3) is 0 Å². The first-order valence-electron chi connectivity index (χ1n) is 4.61. The van der Waals surface area contributed by atoms with Gasteiger partial charge in [0.2, 0.25) is 0 Å². The number of hydrogen-bond donors (Lipinski definition) is 1. The van der Waals surface area contributed by atoms with Crippen LogP contribution in [-0.4, -0.2) is 69.1 Å². The highest BCUT2D eigenvalue weighted by Gasteiger charge is 2.08. The molecule has 0 heterocycles. The fourth-order valence-corrected chi connectivity index (χ4v) is 0.965. The molecule has 1 atom stereocenters. The van der Waals surface area contributed by atoms with Gasteiger partial charge in [0.05, 0.1) is 13.2 Å². The fraction of sp³-hybridized carbons (Fsp3) is 1.00. The lowest BCUT2D eigenvalue weighted by atomic mass is 10.4. The van der Waals surface area contributed by atoms with Crippen molar-refractivity contribution >= 4 is 0 Å². The zero-order valence-corrected chi connectivity index (χ0v) is 9.16. The maximum Gasteiger partial charge on any atom is 0.133 e. The van der Waals surface area contributed by atoms with Gasteiger partial charge in [-0.15, -0.1) is 0 Å². The van der Waals surface area contributed by atoms with Gasteiger partial charge in [0.1, 0.15) is 6.23 Å². The molecule has 0 aliphatic carbocycles. The Morgan fingerprint density at radius 2 is 1.85 bits per heavy atom. The van der Waals surface area contributed by atoms with E-state index in [0.29, 0.717) is 6.61 Å². The molecular formula is C9H22N2O2. The van der Waals surface area contributed by atoms with Crippen molar-refractivity contribution in [3.8, 4) is 0 Å². The summed E-state index contributed by atoms with van der Waals surface area (Å²) in [4.78, 5) is 3.99. The molecule has 0 spiro atoms. The van der Waals surface area contributed by atoms with Crippen molar-refractivity contribution in [2.45, 2.75) is 12.6 Å². The van der Waals surface area contributed by atoms with Crippen molar-refractivity contribution in [3.05, 3.63) is 0 Å². The molecule has 0 aromatic rings. The fourth-order valence-electron chi connectivity index (χ4n) is 0.965. The monoisotopic (exact) mass is 190 g/mol. The quantitative estimate of drug-likeness (QED) is 0.447. The molecule has 0 aromatic carbocycles. The van der Waals surface area contributed by atoms with Crippen molar-refractivity contribution in [1.82, 2.24) is 9.80 Å². The largest absolute Gasteiger partial charge is 0.392 e. The zero-order chi connectivity index (χ0) is 10.3. The average molecular weight is 190 g/mol. The lowest BCUT2D eigenvalue weighted by Crippen LogP contribution is -2.34. The van der Waals surface area contributed by atoms with Crippen molar-refractivity contribution < 1.29 is 9.84 Å². The number of nitrogens with zero attached hydrogens (tertiary/aromatic N) is 2. The predicted octanol–water partition coefficient (Wildman–Crippen LogP) is -0.165. The third-order valence-electron chi connectivity index (χ3n) is 1.79. The Bertz CT molecular complexity index is 118. The van der Waals surface area contributed by atoms with Crippen LogP contribution in [0, 0.1) is 0 Å². The highest BCUT2D eigenvalue weighted by Crippen LogP contribution is 1.96. The van der Waals surface area contributed by atoms with E-state index in [1.807, 2.05) is 33.1 Å². The summed E-state index contributed by atoms with van der Waals surface area (Å²) >= 11 is 0. The third-order valence-corrected chi connectivity index (χ3v) is 1.79. The normalized spacial score (nSPS) is 14.1. The first-order chi connectivity index (χ1) is 6.07. The minimum absolute atomic E-state index is 0.0506. The van der Waals surface area contributed by atoms with Crippen LogP contribution in [-0.2, 0) is 4.74 Å². The van der Waals surface area contributed by atoms with E-state index in [0.717, 1.165) is 13.0 Å². The van der Waals surface area contributed by atoms with Gasteiger partial charge in [-0.25, -0.2) is 0 Å². The molecule has 0 amide bonds. The number of ether oxygens (including phenoxy) is 1. The van der Waals surface area contributed by atoms with E-state index in [4.69, 9.17) is 9.84 Å². The second-order valence-electron chi connectivity index (χ2n) is 3.63. The number of aliphatic hydroxyl groups excluding tert-OH is 1. The minimum atomic E-state index is -0.165. The Kier molecular flexibility index (Phi) is 7.17. The summed E-state index contributed by atoms with van der Waals surface area (Å²) < 4.78 is 5.45. The van der Waals surface area contributed by atoms with Crippen LogP contribution in [0.5, 0.6) is 0 Å². The second-order valence-corrected chi connectivity index (χ2v) is 3.63. The summed E-state index contributed by atoms with van der Waals surface area (Å²) in [6, 6.07) is 0. The molecule has 0 bridgehead atoms. The van der Waals surface area contributed by atoms with E-state index in [-0.39, 0.29) is 12.8 Å². The van der Waals surface area contributed by atoms with Crippen molar-refractivity contribution in [1.29, 1.82) is 0 Å². The minimum Gasteiger partial charge on any atom is -0.392 e. The SMILES string of the molecule is CN(C)CCCOC(CO)N(C)C. The van der Waals surface area contributed by atoms with E-state index in [1.54, 1.807) is 0 Å². The summed E-state index contributed by atoms with van der Waals surface area (Å²) in [7, 11) is 7.87. The number of likely N-dealkylation sites (N-methyl/N-ethyl adjacent to an activating group) is 1. The molecular weight excluding hydrogens is 168 g/mol. The number of rotatable bonds is 7. The molecule has 0 aliphatic rings. The molecule has 0 aliphatic heterocycles. The van der Waals surface area contributed by atoms with Crippen LogP contribution in [0.2, 0.25) is 0 Å². The molecule has 1 unspecified atom stereocenters. The lowest BCUT2D eigenvalue weighted by Gasteiger charge is -2.22. The smallest absolute Gasteiger partial charge is 0.133 e. The molecule has 0 saturated heterocycles. The number of aliphatic hydroxyl groups is 1. The van der Waals surface area contributed by atoms with Crippen LogP contribution in [0.4, 0.5) is 0 Å². The van der Waals surface area contributed by atoms with E-state index < -0.39 is 0 Å². The van der Waals surface area contributed by atoms with Gasteiger partial charge in [0.25, 0.3) is 0 Å². The summed E-state index contributed by atoms with van der Waals surface area (Å²) in [5.41, 5.74) is 0. The Morgan fingerprint density at radius 3 is 2.23 bits per heavy atom. The van der Waals surface area contributed by atoms with E-state index in [1.165, 1.54) is 0 Å². The van der Waals surface area contributed by atoms with Crippen molar-refractivity contribution in [2.24, 2.45) is 0 Å². The first-order valence-corrected chi connectivity index (χ1v) is 4.61. The van der Waals surface area contributed by atoms with Gasteiger partial charge in [0.15, 0.2) is 0 Å². The molecule has 0 rings (SSSR count). The van der Waals surface area contributed by atoms with Gasteiger partial charge in [-0.2, -0.15) is 0 Å². The molecule has 0 saturated carbocycles. The lowest BCUT2D eigenvalue weighted by molar-refractivity contribution is -0.0677. The van der Waals surface area contributed by atoms with Gasteiger partial charge in [-0.3, -0.25) is 4.90 Å². The van der Waals surface area contributed by atoms with E-state index >= 15 is 0 Å². The first kappa shape index (κ1) is 12.8. The second kappa shape index (κ2) is 7.26. The molecule has 13 heavy (non-hydrogen) atoms. The molecule has 1 N–H and O–H groups in total. The van der Waals surface area contributed by atoms with Crippen molar-refractivity contribution in [3.63, 3.8) is 0 Å². The molecule has 80 valence electrons. The van der Waals surface area contributed by atoms with Gasteiger partial charge in [0, 0.05) is 0 Å². The Labute approximate surface area is 81.1 Å². The molecule has 0 radical (unpaired) electrons. The standard InChI is InChI=1S/C9H22N2O2/c1-10(2)6-5-7-13-9(8-12)11(3)4/h9,12H,5-8H2,1-4H3. The van der Waals surface area contributed by atoms with Gasteiger partial charge in [-0.1, -0.05) is 0 Å². The van der Waals surface area contributed by atoms with E-state index in [2.05, 4.69) is 4.90 Å². The topological polar surface area (TPSA) is 35.9 Å². The summed E-state index contributed by atoms with van der Waals surface area (Å²) in [5, 5.41) is 8.93. The van der Waals surface area contributed by atoms with Crippen LogP contribution >= 0.6 is 0 Å². The van der Waals surface area contributed by atoms with Gasteiger partial charge in [-0.05, 0) is 41.2 Å². The van der Waals surface area contributed by atoms with Crippen LogP contribution in [0.1, 0.15) is 6.42 Å². The Balaban J connectivity index is 3.39. The maximum absolute atomic E-state index is 8.93. The average Bonchev–Trinajstić information content (AvgIpc) is 2.03. The van der Waals surface area contributed by atoms with Crippen molar-refractivity contribution in [2.75, 3.05) is 47.9 Å². The summed E-state index contributed by atoms with van der Waals surface area (Å²) in [6.07, 6.45) is 0.833. The Morgan fingerprint density at radius 1 is 1.23 bits per heavy atom. The molecule has 0 fully saturated rings. The number of hydrogen-bond acceptors (Lipinski definition) is 4. The van der Waals surface area contributed by atoms with Crippen LogP contribution in [0.15, 0.2) is 0 Å². The van der Waals surface area contributed by atoms with Crippen LogP contribution < -0.4 is 0 Å². The molecule has 0 aromatic heterocycles. The third kappa shape index (κ3) is 6.95. The molecule has 4 heteroatoms. The highest BCUT2D eigenvalue weighted by atomic mass is 16.5. The molecule has 4 nitrogen and oxygen atoms in total. The van der Waals surface area contributed by atoms with Gasteiger partial charge < -0.3 is 14.7 Å². The predicted molar refractivity (Wildman–Crippen MR) is 53.7 cm³/mol. The highest BCUT2D eigenvalue weighted by molar-refractivity contribution is 4.51. The van der Waals surface area contributed by atoms with Crippen LogP contribution in [0.3, 0.4) is 0 Å². The van der Waals surface area contributed by atoms with Gasteiger partial charge >= 0.3 is 0 Å².